The van der Waals surface area contributed by atoms with Crippen LogP contribution in [0.25, 0.3) is 0 Å². The third kappa shape index (κ3) is 7.30. The highest BCUT2D eigenvalue weighted by Gasteiger charge is 2.31. The molecule has 13 heteroatoms. The summed E-state index contributed by atoms with van der Waals surface area (Å²) >= 11 is 12.1. The lowest BCUT2D eigenvalue weighted by atomic mass is 10.1. The molecule has 10 nitrogen and oxygen atoms in total. The van der Waals surface area contributed by atoms with E-state index in [0.717, 1.165) is 16.6 Å². The van der Waals surface area contributed by atoms with Crippen LogP contribution in [-0.2, 0) is 26.2 Å². The number of sulfonamides is 1. The van der Waals surface area contributed by atoms with Crippen LogP contribution in [0.2, 0.25) is 10.0 Å². The number of hydrogen-bond donors (Lipinski definition) is 1. The minimum atomic E-state index is -4.03. The molecule has 2 aromatic carbocycles. The Morgan fingerprint density at radius 1 is 1.14 bits per heavy atom. The molecule has 2 amide bonds. The molecule has 2 aromatic rings. The average molecular weight is 545 g/mol. The second-order valence-electron chi connectivity index (χ2n) is 7.84. The zero-order valence-corrected chi connectivity index (χ0v) is 21.9. The van der Waals surface area contributed by atoms with Crippen LogP contribution in [0.15, 0.2) is 36.4 Å². The van der Waals surface area contributed by atoms with Gasteiger partial charge >= 0.3 is 0 Å². The van der Waals surface area contributed by atoms with E-state index in [-0.39, 0.29) is 22.9 Å². The van der Waals surface area contributed by atoms with Gasteiger partial charge in [0.05, 0.1) is 26.9 Å². The highest BCUT2D eigenvalue weighted by Crippen LogP contribution is 2.28. The van der Waals surface area contributed by atoms with Crippen LogP contribution in [-0.4, -0.2) is 55.4 Å². The van der Waals surface area contributed by atoms with Crippen molar-refractivity contribution in [1.82, 2.24) is 10.2 Å². The SMILES string of the molecule is CCNC(=O)[C@@H](C)N(Cc1ccc(Cl)c(Cl)c1)C(=O)CN(c1cc([N+](=O)[O-])ccc1C)S(C)(=O)=O. The molecule has 0 aliphatic carbocycles. The van der Waals surface area contributed by atoms with E-state index in [2.05, 4.69) is 5.32 Å². The van der Waals surface area contributed by atoms with Gasteiger partial charge in [-0.2, -0.15) is 0 Å². The molecule has 0 saturated carbocycles. The Morgan fingerprint density at radius 2 is 1.80 bits per heavy atom. The number of benzene rings is 2. The third-order valence-electron chi connectivity index (χ3n) is 5.21. The summed E-state index contributed by atoms with van der Waals surface area (Å²) in [4.78, 5) is 37.8. The molecule has 0 heterocycles. The van der Waals surface area contributed by atoms with E-state index in [1.165, 1.54) is 24.0 Å². The predicted molar refractivity (Wildman–Crippen MR) is 135 cm³/mol. The number of likely N-dealkylation sites (N-methyl/N-ethyl adjacent to an activating group) is 1. The van der Waals surface area contributed by atoms with Crippen LogP contribution in [0.4, 0.5) is 11.4 Å². The molecule has 1 N–H and O–H groups in total. The Morgan fingerprint density at radius 3 is 2.34 bits per heavy atom. The van der Waals surface area contributed by atoms with Crippen molar-refractivity contribution in [3.63, 3.8) is 0 Å². The molecule has 0 aromatic heterocycles. The number of non-ortho nitro benzene ring substituents is 1. The molecule has 2 rings (SSSR count). The lowest BCUT2D eigenvalue weighted by molar-refractivity contribution is -0.384. The maximum Gasteiger partial charge on any atom is 0.271 e. The van der Waals surface area contributed by atoms with Gasteiger partial charge in [-0.15, -0.1) is 0 Å². The van der Waals surface area contributed by atoms with E-state index >= 15 is 0 Å². The largest absolute Gasteiger partial charge is 0.355 e. The molecule has 35 heavy (non-hydrogen) atoms. The topological polar surface area (TPSA) is 130 Å². The van der Waals surface area contributed by atoms with Gasteiger partial charge in [-0.1, -0.05) is 35.3 Å². The van der Waals surface area contributed by atoms with Crippen molar-refractivity contribution < 1.29 is 22.9 Å². The Hall–Kier alpha value is -2.89. The van der Waals surface area contributed by atoms with Crippen LogP contribution >= 0.6 is 23.2 Å². The fraction of sp³-hybridized carbons (Fsp3) is 0.364. The molecule has 1 atom stereocenters. The van der Waals surface area contributed by atoms with Crippen LogP contribution < -0.4 is 9.62 Å². The highest BCUT2D eigenvalue weighted by atomic mass is 35.5. The first kappa shape index (κ1) is 28.3. The van der Waals surface area contributed by atoms with E-state index in [9.17, 15) is 28.1 Å². The lowest BCUT2D eigenvalue weighted by Crippen LogP contribution is -2.51. The Labute approximate surface area is 214 Å². The van der Waals surface area contributed by atoms with Crippen LogP contribution in [0, 0.1) is 17.0 Å². The number of nitro groups is 1. The lowest BCUT2D eigenvalue weighted by Gasteiger charge is -2.31. The van der Waals surface area contributed by atoms with E-state index < -0.39 is 39.3 Å². The van der Waals surface area contributed by atoms with Gasteiger partial charge in [-0.05, 0) is 44.0 Å². The number of nitrogens with one attached hydrogen (secondary N) is 1. The van der Waals surface area contributed by atoms with Crippen molar-refractivity contribution in [3.8, 4) is 0 Å². The molecule has 190 valence electrons. The molecule has 0 unspecified atom stereocenters. The summed E-state index contributed by atoms with van der Waals surface area (Å²) in [6.07, 6.45) is 0.898. The fourth-order valence-electron chi connectivity index (χ4n) is 3.31. The fourth-order valence-corrected chi connectivity index (χ4v) is 4.53. The van der Waals surface area contributed by atoms with Crippen molar-refractivity contribution in [2.45, 2.75) is 33.4 Å². The predicted octanol–water partition coefficient (Wildman–Crippen LogP) is 3.53. The van der Waals surface area contributed by atoms with E-state index in [1.54, 1.807) is 32.0 Å². The van der Waals surface area contributed by atoms with E-state index in [4.69, 9.17) is 23.2 Å². The highest BCUT2D eigenvalue weighted by molar-refractivity contribution is 7.92. The maximum absolute atomic E-state index is 13.5. The zero-order chi connectivity index (χ0) is 26.5. The van der Waals surface area contributed by atoms with E-state index in [1.807, 2.05) is 0 Å². The molecule has 0 saturated heterocycles. The number of carbonyl (C=O) groups is 2. The molecular formula is C22H26Cl2N4O6S. The number of anilines is 1. The molecule has 0 radical (unpaired) electrons. The summed E-state index contributed by atoms with van der Waals surface area (Å²) in [7, 11) is -4.03. The summed E-state index contributed by atoms with van der Waals surface area (Å²) in [5, 5.41) is 14.5. The normalized spacial score (nSPS) is 12.1. The summed E-state index contributed by atoms with van der Waals surface area (Å²) in [6.45, 7) is 4.42. The molecule has 0 fully saturated rings. The Balaban J connectivity index is 2.49. The van der Waals surface area contributed by atoms with Gasteiger partial charge in [0.1, 0.15) is 12.6 Å². The molecule has 0 bridgehead atoms. The number of carbonyl (C=O) groups excluding carboxylic acids is 2. The smallest absolute Gasteiger partial charge is 0.271 e. The number of halogens is 2. The van der Waals surface area contributed by atoms with Crippen molar-refractivity contribution in [2.24, 2.45) is 0 Å². The minimum absolute atomic E-state index is 0.00444. The van der Waals surface area contributed by atoms with E-state index in [0.29, 0.717) is 22.7 Å². The number of nitrogens with zero attached hydrogens (tertiary/aromatic N) is 3. The van der Waals surface area contributed by atoms with Crippen LogP contribution in [0.5, 0.6) is 0 Å². The first-order valence-electron chi connectivity index (χ1n) is 10.5. The van der Waals surface area contributed by atoms with Crippen LogP contribution in [0.1, 0.15) is 25.0 Å². The Kier molecular flexibility index (Phi) is 9.47. The number of rotatable bonds is 10. The van der Waals surface area contributed by atoms with Crippen molar-refractivity contribution in [3.05, 3.63) is 67.7 Å². The van der Waals surface area contributed by atoms with Gasteiger partial charge in [0.2, 0.25) is 21.8 Å². The second kappa shape index (κ2) is 11.7. The van der Waals surface area contributed by atoms with Crippen LogP contribution in [0.3, 0.4) is 0 Å². The molecule has 0 aliphatic heterocycles. The second-order valence-corrected chi connectivity index (χ2v) is 10.6. The standard InChI is InChI=1S/C22H26Cl2N4O6S/c1-5-25-22(30)15(3)26(12-16-7-9-18(23)19(24)10-16)21(29)13-27(35(4,33)34)20-11-17(28(31)32)8-6-14(20)2/h6-11,15H,5,12-13H2,1-4H3,(H,25,30)/t15-/m1/s1. The van der Waals surface area contributed by atoms with Crippen molar-refractivity contribution in [2.75, 3.05) is 23.7 Å². The molecular weight excluding hydrogens is 519 g/mol. The summed E-state index contributed by atoms with van der Waals surface area (Å²) in [6, 6.07) is 7.53. The van der Waals surface area contributed by atoms with Gasteiger partial charge in [0.15, 0.2) is 0 Å². The first-order valence-corrected chi connectivity index (χ1v) is 13.1. The quantitative estimate of drug-likeness (QED) is 0.359. The minimum Gasteiger partial charge on any atom is -0.355 e. The van der Waals surface area contributed by atoms with Gasteiger partial charge in [-0.25, -0.2) is 8.42 Å². The van der Waals surface area contributed by atoms with Gasteiger partial charge in [0, 0.05) is 25.2 Å². The average Bonchev–Trinajstić information content (AvgIpc) is 2.77. The molecule has 0 aliphatic rings. The number of hydrogen-bond acceptors (Lipinski definition) is 6. The van der Waals surface area contributed by atoms with Gasteiger partial charge < -0.3 is 10.2 Å². The molecule has 0 spiro atoms. The zero-order valence-electron chi connectivity index (χ0n) is 19.6. The van der Waals surface area contributed by atoms with Crippen molar-refractivity contribution >= 4 is 56.4 Å². The summed E-state index contributed by atoms with van der Waals surface area (Å²) < 4.78 is 26.1. The Bertz CT molecular complexity index is 1240. The van der Waals surface area contributed by atoms with Gasteiger partial charge in [-0.3, -0.25) is 24.0 Å². The monoisotopic (exact) mass is 544 g/mol. The van der Waals surface area contributed by atoms with Gasteiger partial charge in [0.25, 0.3) is 5.69 Å². The summed E-state index contributed by atoms with van der Waals surface area (Å²) in [5.41, 5.74) is 0.660. The van der Waals surface area contributed by atoms with Crippen molar-refractivity contribution in [1.29, 1.82) is 0 Å². The number of nitro benzene ring substituents is 1. The summed E-state index contributed by atoms with van der Waals surface area (Å²) in [5.74, 6) is -1.12. The maximum atomic E-state index is 13.5. The number of amides is 2. The first-order chi connectivity index (χ1) is 16.3. The number of aryl methyl sites for hydroxylation is 1. The third-order valence-corrected chi connectivity index (χ3v) is 7.07.